The van der Waals surface area contributed by atoms with E-state index in [2.05, 4.69) is 10.3 Å². The number of carbonyl (C=O) groups excluding carboxylic acids is 1. The molecule has 6 nitrogen and oxygen atoms in total. The van der Waals surface area contributed by atoms with Crippen LogP contribution in [0.25, 0.3) is 0 Å². The molecule has 0 saturated heterocycles. The Kier molecular flexibility index (Phi) is 4.66. The first-order valence-electron chi connectivity index (χ1n) is 5.30. The first-order valence-corrected chi connectivity index (χ1v) is 7.26. The number of methoxy groups -OCH3 is 1. The van der Waals surface area contributed by atoms with Gasteiger partial charge >= 0.3 is 0 Å². The number of ether oxygens (including phenoxy) is 1. The second kappa shape index (κ2) is 5.81. The van der Waals surface area contributed by atoms with Crippen LogP contribution in [0, 0.1) is 0 Å². The Morgan fingerprint density at radius 1 is 1.56 bits per heavy atom. The van der Waals surface area contributed by atoms with Gasteiger partial charge in [-0.2, -0.15) is 0 Å². The Hall–Kier alpha value is -1.63. The van der Waals surface area contributed by atoms with Gasteiger partial charge in [-0.1, -0.05) is 6.07 Å². The second-order valence-corrected chi connectivity index (χ2v) is 6.23. The van der Waals surface area contributed by atoms with E-state index in [0.717, 1.165) is 6.26 Å². The highest BCUT2D eigenvalue weighted by atomic mass is 32.2. The minimum absolute atomic E-state index is 0.176. The van der Waals surface area contributed by atoms with Crippen LogP contribution < -0.4 is 10.1 Å². The number of amides is 1. The summed E-state index contributed by atoms with van der Waals surface area (Å²) in [4.78, 5) is 15.6. The maximum absolute atomic E-state index is 11.6. The van der Waals surface area contributed by atoms with E-state index < -0.39 is 21.0 Å². The van der Waals surface area contributed by atoms with Crippen LogP contribution >= 0.6 is 0 Å². The maximum atomic E-state index is 11.6. The quantitative estimate of drug-likeness (QED) is 0.824. The van der Waals surface area contributed by atoms with Crippen molar-refractivity contribution in [2.24, 2.45) is 0 Å². The Bertz CT molecular complexity index is 528. The van der Waals surface area contributed by atoms with Crippen molar-refractivity contribution >= 4 is 15.7 Å². The molecule has 0 radical (unpaired) electrons. The average molecular weight is 272 g/mol. The largest absolute Gasteiger partial charge is 0.481 e. The first kappa shape index (κ1) is 14.4. The fourth-order valence-electron chi connectivity index (χ4n) is 1.26. The molecule has 0 aliphatic carbocycles. The van der Waals surface area contributed by atoms with Gasteiger partial charge in [-0.15, -0.1) is 0 Å². The van der Waals surface area contributed by atoms with Crippen molar-refractivity contribution in [1.29, 1.82) is 0 Å². The molecular formula is C11H16N2O4S. The fourth-order valence-corrected chi connectivity index (χ4v) is 1.74. The number of pyridine rings is 1. The SMILES string of the molecule is COc1ncccc1CNC(=O)C(C)S(C)(=O)=O. The Labute approximate surface area is 106 Å². The van der Waals surface area contributed by atoms with Gasteiger partial charge in [0.05, 0.1) is 7.11 Å². The molecule has 1 atom stereocenters. The average Bonchev–Trinajstić information content (AvgIpc) is 2.34. The van der Waals surface area contributed by atoms with Crippen molar-refractivity contribution in [3.8, 4) is 5.88 Å². The molecule has 7 heteroatoms. The van der Waals surface area contributed by atoms with Gasteiger partial charge in [0, 0.05) is 24.6 Å². The highest BCUT2D eigenvalue weighted by Crippen LogP contribution is 2.13. The van der Waals surface area contributed by atoms with E-state index in [1.807, 2.05) is 0 Å². The predicted octanol–water partition coefficient (Wildman–Crippen LogP) is 0.139. The van der Waals surface area contributed by atoms with Gasteiger partial charge in [-0.05, 0) is 13.0 Å². The standard InChI is InChI=1S/C11H16N2O4S/c1-8(18(3,15)16)10(14)13-7-9-5-4-6-12-11(9)17-2/h4-6,8H,7H2,1-3H3,(H,13,14). The zero-order chi connectivity index (χ0) is 13.8. The van der Waals surface area contributed by atoms with Gasteiger partial charge in [0.25, 0.3) is 0 Å². The molecule has 0 spiro atoms. The first-order chi connectivity index (χ1) is 8.36. The summed E-state index contributed by atoms with van der Waals surface area (Å²) in [7, 11) is -1.90. The summed E-state index contributed by atoms with van der Waals surface area (Å²) < 4.78 is 27.4. The highest BCUT2D eigenvalue weighted by molar-refractivity contribution is 7.92. The minimum atomic E-state index is -3.38. The van der Waals surface area contributed by atoms with Gasteiger partial charge in [0.1, 0.15) is 5.25 Å². The van der Waals surface area contributed by atoms with Crippen molar-refractivity contribution in [1.82, 2.24) is 10.3 Å². The van der Waals surface area contributed by atoms with Gasteiger partial charge < -0.3 is 10.1 Å². The number of nitrogens with one attached hydrogen (secondary N) is 1. The van der Waals surface area contributed by atoms with E-state index in [9.17, 15) is 13.2 Å². The zero-order valence-corrected chi connectivity index (χ0v) is 11.3. The van der Waals surface area contributed by atoms with Crippen molar-refractivity contribution < 1.29 is 17.9 Å². The van der Waals surface area contributed by atoms with Crippen molar-refractivity contribution in [3.05, 3.63) is 23.9 Å². The summed E-state index contributed by atoms with van der Waals surface area (Å²) in [6.07, 6.45) is 2.60. The molecule has 0 fully saturated rings. The Balaban J connectivity index is 2.69. The number of carbonyl (C=O) groups is 1. The van der Waals surface area contributed by atoms with Crippen LogP contribution in [0.3, 0.4) is 0 Å². The van der Waals surface area contributed by atoms with Crippen molar-refractivity contribution in [2.45, 2.75) is 18.7 Å². The second-order valence-electron chi connectivity index (χ2n) is 3.86. The molecule has 100 valence electrons. The lowest BCUT2D eigenvalue weighted by molar-refractivity contribution is -0.120. The molecule has 1 aromatic heterocycles. The van der Waals surface area contributed by atoms with Gasteiger partial charge in [-0.3, -0.25) is 4.79 Å². The van der Waals surface area contributed by atoms with Crippen LogP contribution in [0.15, 0.2) is 18.3 Å². The molecule has 0 aliphatic heterocycles. The monoisotopic (exact) mass is 272 g/mol. The molecule has 1 heterocycles. The van der Waals surface area contributed by atoms with Crippen molar-refractivity contribution in [2.75, 3.05) is 13.4 Å². The van der Waals surface area contributed by atoms with E-state index in [1.165, 1.54) is 14.0 Å². The molecule has 18 heavy (non-hydrogen) atoms. The van der Waals surface area contributed by atoms with E-state index in [-0.39, 0.29) is 6.54 Å². The molecule has 0 aromatic carbocycles. The van der Waals surface area contributed by atoms with Crippen LogP contribution in [-0.2, 0) is 21.2 Å². The third-order valence-electron chi connectivity index (χ3n) is 2.51. The number of sulfone groups is 1. The molecule has 1 N–H and O–H groups in total. The van der Waals surface area contributed by atoms with Crippen molar-refractivity contribution in [3.63, 3.8) is 0 Å². The van der Waals surface area contributed by atoms with Crippen LogP contribution in [0.2, 0.25) is 0 Å². The highest BCUT2D eigenvalue weighted by Gasteiger charge is 2.23. The molecular weight excluding hydrogens is 256 g/mol. The van der Waals surface area contributed by atoms with E-state index in [0.29, 0.717) is 11.4 Å². The smallest absolute Gasteiger partial charge is 0.238 e. The maximum Gasteiger partial charge on any atom is 0.238 e. The molecule has 0 saturated carbocycles. The Morgan fingerprint density at radius 3 is 2.78 bits per heavy atom. The summed E-state index contributed by atoms with van der Waals surface area (Å²) in [6, 6.07) is 3.46. The molecule has 1 rings (SSSR count). The molecule has 1 amide bonds. The minimum Gasteiger partial charge on any atom is -0.481 e. The molecule has 0 bridgehead atoms. The molecule has 1 unspecified atom stereocenters. The molecule has 0 aliphatic rings. The normalized spacial score (nSPS) is 12.8. The lowest BCUT2D eigenvalue weighted by Gasteiger charge is -2.11. The van der Waals surface area contributed by atoms with Crippen LogP contribution in [-0.4, -0.2) is 37.9 Å². The van der Waals surface area contributed by atoms with Crippen LogP contribution in [0.1, 0.15) is 12.5 Å². The van der Waals surface area contributed by atoms with E-state index in [4.69, 9.17) is 4.74 Å². The number of hydrogen-bond donors (Lipinski definition) is 1. The van der Waals surface area contributed by atoms with Gasteiger partial charge in [0.2, 0.25) is 11.8 Å². The Morgan fingerprint density at radius 2 is 2.22 bits per heavy atom. The lowest BCUT2D eigenvalue weighted by Crippen LogP contribution is -2.37. The third kappa shape index (κ3) is 3.69. The van der Waals surface area contributed by atoms with Gasteiger partial charge in [-0.25, -0.2) is 13.4 Å². The summed E-state index contributed by atoms with van der Waals surface area (Å²) in [5.74, 6) is -0.131. The lowest BCUT2D eigenvalue weighted by atomic mass is 10.2. The van der Waals surface area contributed by atoms with Crippen LogP contribution in [0.4, 0.5) is 0 Å². The van der Waals surface area contributed by atoms with Gasteiger partial charge in [0.15, 0.2) is 9.84 Å². The number of nitrogens with zero attached hydrogens (tertiary/aromatic N) is 1. The summed E-state index contributed by atoms with van der Waals surface area (Å²) in [5, 5.41) is 1.47. The van der Waals surface area contributed by atoms with E-state index in [1.54, 1.807) is 18.3 Å². The number of hydrogen-bond acceptors (Lipinski definition) is 5. The third-order valence-corrected chi connectivity index (χ3v) is 4.01. The number of aromatic nitrogens is 1. The fraction of sp³-hybridized carbons (Fsp3) is 0.455. The topological polar surface area (TPSA) is 85.4 Å². The predicted molar refractivity (Wildman–Crippen MR) is 66.9 cm³/mol. The zero-order valence-electron chi connectivity index (χ0n) is 10.5. The van der Waals surface area contributed by atoms with E-state index >= 15 is 0 Å². The summed E-state index contributed by atoms with van der Waals surface area (Å²) in [5.41, 5.74) is 0.689. The summed E-state index contributed by atoms with van der Waals surface area (Å²) in [6.45, 7) is 1.53. The van der Waals surface area contributed by atoms with Crippen LogP contribution in [0.5, 0.6) is 5.88 Å². The summed E-state index contributed by atoms with van der Waals surface area (Å²) >= 11 is 0. The number of rotatable bonds is 5. The molecule has 1 aromatic rings.